The lowest BCUT2D eigenvalue weighted by molar-refractivity contribution is 0.769. The Bertz CT molecular complexity index is 4160. The summed E-state index contributed by atoms with van der Waals surface area (Å²) in [5.74, 6) is 0. The maximum atomic E-state index is 2.56. The predicted molar refractivity (Wildman–Crippen MR) is 311 cm³/mol. The molecule has 13 aromatic rings. The zero-order valence-corrected chi connectivity index (χ0v) is 40.8. The number of benzene rings is 12. The molecule has 0 saturated carbocycles. The highest BCUT2D eigenvalue weighted by Gasteiger charge is 2.46. The van der Waals surface area contributed by atoms with E-state index >= 15 is 0 Å². The number of para-hydroxylation sites is 3. The van der Waals surface area contributed by atoms with Gasteiger partial charge >= 0.3 is 0 Å². The lowest BCUT2D eigenvalue weighted by Crippen LogP contribution is -2.28. The fourth-order valence-electron chi connectivity index (χ4n) is 12.1. The van der Waals surface area contributed by atoms with E-state index in [1.165, 1.54) is 92.1 Å². The van der Waals surface area contributed by atoms with Gasteiger partial charge in [0.1, 0.15) is 0 Å². The van der Waals surface area contributed by atoms with Crippen LogP contribution in [0.2, 0.25) is 0 Å². The Labute approximate surface area is 430 Å². The Morgan fingerprint density at radius 3 is 1.41 bits per heavy atom. The molecular formula is C71H47NS. The number of thiophene rings is 1. The molecule has 1 aromatic heterocycles. The average Bonchev–Trinajstić information content (AvgIpc) is 4.04. The molecule has 12 aromatic carbocycles. The molecule has 0 N–H and O–H groups in total. The summed E-state index contributed by atoms with van der Waals surface area (Å²) in [6.07, 6.45) is 0. The zero-order chi connectivity index (χ0) is 48.3. The SMILES string of the molecule is c1ccc(-c2cccc3cccc(-c4ccccc4N(c4ccccc4-c4ccc5c(c4)C(c4ccccc4)(c4ccccc4)c4ccccc4-5)c4ccccc4-c4cccc5sc6ccccc6c45)c23)cc1. The Kier molecular flexibility index (Phi) is 10.3. The van der Waals surface area contributed by atoms with Crippen molar-refractivity contribution < 1.29 is 0 Å². The van der Waals surface area contributed by atoms with Gasteiger partial charge in [-0.3, -0.25) is 0 Å². The van der Waals surface area contributed by atoms with E-state index in [0.29, 0.717) is 0 Å². The molecule has 2 heteroatoms. The van der Waals surface area contributed by atoms with Crippen LogP contribution in [-0.4, -0.2) is 0 Å². The molecule has 0 unspecified atom stereocenters. The molecule has 0 aliphatic heterocycles. The highest BCUT2D eigenvalue weighted by Crippen LogP contribution is 2.58. The third kappa shape index (κ3) is 6.83. The molecule has 0 fully saturated rings. The van der Waals surface area contributed by atoms with E-state index in [2.05, 4.69) is 290 Å². The van der Waals surface area contributed by atoms with E-state index in [4.69, 9.17) is 0 Å². The van der Waals surface area contributed by atoms with Crippen molar-refractivity contribution in [1.29, 1.82) is 0 Å². The quantitative estimate of drug-likeness (QED) is 0.139. The normalized spacial score (nSPS) is 12.5. The fraction of sp³-hybridized carbons (Fsp3) is 0.0141. The number of anilines is 3. The third-order valence-electron chi connectivity index (χ3n) is 15.2. The van der Waals surface area contributed by atoms with Gasteiger partial charge in [-0.25, -0.2) is 0 Å². The first-order valence-corrected chi connectivity index (χ1v) is 26.0. The summed E-state index contributed by atoms with van der Waals surface area (Å²) in [5, 5.41) is 5.01. The smallest absolute Gasteiger partial charge is 0.0713 e. The summed E-state index contributed by atoms with van der Waals surface area (Å²) in [4.78, 5) is 2.56. The van der Waals surface area contributed by atoms with Gasteiger partial charge in [-0.1, -0.05) is 249 Å². The van der Waals surface area contributed by atoms with Gasteiger partial charge in [0.25, 0.3) is 0 Å². The molecule has 1 aliphatic carbocycles. The van der Waals surface area contributed by atoms with Crippen molar-refractivity contribution in [1.82, 2.24) is 0 Å². The van der Waals surface area contributed by atoms with Gasteiger partial charge in [-0.15, -0.1) is 11.3 Å². The first-order valence-electron chi connectivity index (χ1n) is 25.2. The van der Waals surface area contributed by atoms with E-state index in [9.17, 15) is 0 Å². The Balaban J connectivity index is 1.05. The summed E-state index contributed by atoms with van der Waals surface area (Å²) >= 11 is 1.87. The highest BCUT2D eigenvalue weighted by atomic mass is 32.1. The van der Waals surface area contributed by atoms with Crippen LogP contribution >= 0.6 is 11.3 Å². The van der Waals surface area contributed by atoms with Crippen LogP contribution in [0.4, 0.5) is 17.1 Å². The van der Waals surface area contributed by atoms with E-state index < -0.39 is 5.41 Å². The molecule has 14 rings (SSSR count). The average molecular weight is 946 g/mol. The standard InChI is InChI=1S/C71H47NS/c1-4-23-48(24-5-1)54-36-20-25-49-26-21-37-59(69(49)54)57-33-12-17-41-65(57)72(66-42-18-13-34-58(66)60-38-22-44-68-70(60)61-35-14-19-43-67(61)73-68)64-40-16-11-31-53(64)50-45-46-56-55-32-10-15-39-62(55)71(63(56)47-50,51-27-6-2-7-28-51)52-29-8-3-9-30-52/h1-47H. The molecule has 0 bridgehead atoms. The van der Waals surface area contributed by atoms with Crippen LogP contribution in [-0.2, 0) is 5.41 Å². The largest absolute Gasteiger partial charge is 0.309 e. The monoisotopic (exact) mass is 945 g/mol. The first kappa shape index (κ1) is 42.8. The minimum Gasteiger partial charge on any atom is -0.309 e. The van der Waals surface area contributed by atoms with Crippen molar-refractivity contribution in [3.63, 3.8) is 0 Å². The second-order valence-corrected chi connectivity index (χ2v) is 20.1. The number of hydrogen-bond donors (Lipinski definition) is 0. The number of rotatable bonds is 9. The summed E-state index contributed by atoms with van der Waals surface area (Å²) in [7, 11) is 0. The van der Waals surface area contributed by atoms with Gasteiger partial charge in [0.05, 0.1) is 22.5 Å². The fourth-order valence-corrected chi connectivity index (χ4v) is 13.3. The van der Waals surface area contributed by atoms with Gasteiger partial charge in [-0.05, 0) is 108 Å². The van der Waals surface area contributed by atoms with Gasteiger partial charge in [0.15, 0.2) is 0 Å². The van der Waals surface area contributed by atoms with Crippen molar-refractivity contribution in [3.8, 4) is 55.6 Å². The highest BCUT2D eigenvalue weighted by molar-refractivity contribution is 7.25. The Hall–Kier alpha value is -9.08. The molecule has 0 amide bonds. The van der Waals surface area contributed by atoms with Crippen LogP contribution in [0.15, 0.2) is 285 Å². The van der Waals surface area contributed by atoms with Crippen LogP contribution in [0.3, 0.4) is 0 Å². The van der Waals surface area contributed by atoms with Gasteiger partial charge in [0, 0.05) is 36.9 Å². The van der Waals surface area contributed by atoms with Crippen LogP contribution in [0.5, 0.6) is 0 Å². The molecule has 1 heterocycles. The third-order valence-corrected chi connectivity index (χ3v) is 16.3. The Morgan fingerprint density at radius 2 is 0.740 bits per heavy atom. The van der Waals surface area contributed by atoms with E-state index in [-0.39, 0.29) is 0 Å². The van der Waals surface area contributed by atoms with Crippen LogP contribution in [0, 0.1) is 0 Å². The van der Waals surface area contributed by atoms with Crippen molar-refractivity contribution in [2.45, 2.75) is 5.41 Å². The summed E-state index contributed by atoms with van der Waals surface area (Å²) in [6.45, 7) is 0. The molecular weight excluding hydrogens is 899 g/mol. The lowest BCUT2D eigenvalue weighted by atomic mass is 9.67. The second-order valence-electron chi connectivity index (χ2n) is 19.0. The molecule has 1 aliphatic rings. The van der Waals surface area contributed by atoms with E-state index in [1.54, 1.807) is 0 Å². The van der Waals surface area contributed by atoms with Gasteiger partial charge in [-0.2, -0.15) is 0 Å². The molecule has 73 heavy (non-hydrogen) atoms. The molecule has 1 nitrogen and oxygen atoms in total. The van der Waals surface area contributed by atoms with E-state index in [0.717, 1.165) is 33.8 Å². The predicted octanol–water partition coefficient (Wildman–Crippen LogP) is 19.7. The van der Waals surface area contributed by atoms with Crippen LogP contribution in [0.25, 0.3) is 86.6 Å². The van der Waals surface area contributed by atoms with Crippen molar-refractivity contribution in [2.75, 3.05) is 4.90 Å². The van der Waals surface area contributed by atoms with E-state index in [1.807, 2.05) is 11.3 Å². The zero-order valence-electron chi connectivity index (χ0n) is 40.0. The van der Waals surface area contributed by atoms with Crippen molar-refractivity contribution >= 4 is 59.3 Å². The second kappa shape index (κ2) is 17.6. The summed E-state index contributed by atoms with van der Waals surface area (Å²) in [6, 6.07) is 106. The molecule has 0 atom stereocenters. The molecule has 0 spiro atoms. The number of fused-ring (bicyclic) bond motifs is 7. The summed E-state index contributed by atoms with van der Waals surface area (Å²) < 4.78 is 2.57. The number of hydrogen-bond acceptors (Lipinski definition) is 2. The molecule has 0 radical (unpaired) electrons. The first-order chi connectivity index (χ1) is 36.3. The van der Waals surface area contributed by atoms with Crippen molar-refractivity contribution in [3.05, 3.63) is 307 Å². The molecule has 342 valence electrons. The summed E-state index contributed by atoms with van der Waals surface area (Å²) in [5.41, 5.74) is 19.8. The Morgan fingerprint density at radius 1 is 0.274 bits per heavy atom. The number of nitrogens with zero attached hydrogens (tertiary/aromatic N) is 1. The maximum Gasteiger partial charge on any atom is 0.0713 e. The minimum absolute atomic E-state index is 0.537. The van der Waals surface area contributed by atoms with Gasteiger partial charge < -0.3 is 4.90 Å². The lowest BCUT2D eigenvalue weighted by Gasteiger charge is -2.34. The molecule has 0 saturated heterocycles. The van der Waals surface area contributed by atoms with Crippen LogP contribution in [0.1, 0.15) is 22.3 Å². The minimum atomic E-state index is -0.537. The topological polar surface area (TPSA) is 3.24 Å². The maximum absolute atomic E-state index is 2.56. The van der Waals surface area contributed by atoms with Crippen molar-refractivity contribution in [2.24, 2.45) is 0 Å². The van der Waals surface area contributed by atoms with Crippen LogP contribution < -0.4 is 4.90 Å². The van der Waals surface area contributed by atoms with Gasteiger partial charge in [0.2, 0.25) is 0 Å².